The highest BCUT2D eigenvalue weighted by Crippen LogP contribution is 2.26. The molecule has 3 aromatic heterocycles. The first-order valence-corrected chi connectivity index (χ1v) is 7.93. The number of fused-ring (bicyclic) bond motifs is 1. The van der Waals surface area contributed by atoms with Gasteiger partial charge in [0.25, 0.3) is 0 Å². The van der Waals surface area contributed by atoms with Crippen LogP contribution in [0.3, 0.4) is 0 Å². The summed E-state index contributed by atoms with van der Waals surface area (Å²) in [5, 5.41) is 7.74. The Balaban J connectivity index is 1.71. The molecule has 4 rings (SSSR count). The maximum atomic E-state index is 11.6. The zero-order chi connectivity index (χ0) is 17.2. The average molecular weight is 332 g/mol. The molecule has 1 N–H and O–H groups in total. The molecule has 1 aromatic carbocycles. The van der Waals surface area contributed by atoms with E-state index in [2.05, 4.69) is 15.4 Å². The molecule has 0 bridgehead atoms. The predicted octanol–water partition coefficient (Wildman–Crippen LogP) is 3.80. The average Bonchev–Trinajstić information content (AvgIpc) is 3.30. The lowest BCUT2D eigenvalue weighted by atomic mass is 10.0. The number of ketones is 1. The lowest BCUT2D eigenvalue weighted by Crippen LogP contribution is -2.05. The van der Waals surface area contributed by atoms with Crippen molar-refractivity contribution in [2.45, 2.75) is 13.5 Å². The number of aromatic nitrogens is 3. The SMILES string of the molecule is CC(=O)c1cccc(-c2cnn3c(NCc4ccco4)ccnc23)c1. The summed E-state index contributed by atoms with van der Waals surface area (Å²) in [7, 11) is 0. The fraction of sp³-hybridized carbons (Fsp3) is 0.105. The van der Waals surface area contributed by atoms with Gasteiger partial charge in [-0.25, -0.2) is 4.98 Å². The number of nitrogens with zero attached hydrogens (tertiary/aromatic N) is 3. The monoisotopic (exact) mass is 332 g/mol. The number of anilines is 1. The molecule has 0 fully saturated rings. The summed E-state index contributed by atoms with van der Waals surface area (Å²) in [4.78, 5) is 16.1. The minimum Gasteiger partial charge on any atom is -0.467 e. The van der Waals surface area contributed by atoms with Gasteiger partial charge in [-0.2, -0.15) is 9.61 Å². The third-order valence-corrected chi connectivity index (χ3v) is 4.01. The van der Waals surface area contributed by atoms with Gasteiger partial charge in [-0.3, -0.25) is 4.79 Å². The minimum absolute atomic E-state index is 0.0343. The molecule has 0 aliphatic heterocycles. The molecule has 124 valence electrons. The van der Waals surface area contributed by atoms with Crippen LogP contribution in [0.2, 0.25) is 0 Å². The lowest BCUT2D eigenvalue weighted by molar-refractivity contribution is 0.101. The van der Waals surface area contributed by atoms with E-state index in [0.29, 0.717) is 12.1 Å². The van der Waals surface area contributed by atoms with Crippen LogP contribution in [0.5, 0.6) is 0 Å². The first-order chi connectivity index (χ1) is 12.2. The van der Waals surface area contributed by atoms with Crippen molar-refractivity contribution in [1.82, 2.24) is 14.6 Å². The summed E-state index contributed by atoms with van der Waals surface area (Å²) in [6.07, 6.45) is 5.15. The van der Waals surface area contributed by atoms with Crippen LogP contribution in [0.1, 0.15) is 23.0 Å². The van der Waals surface area contributed by atoms with Gasteiger partial charge in [-0.1, -0.05) is 18.2 Å². The molecular weight excluding hydrogens is 316 g/mol. The van der Waals surface area contributed by atoms with E-state index in [1.54, 1.807) is 36.2 Å². The van der Waals surface area contributed by atoms with Crippen molar-refractivity contribution < 1.29 is 9.21 Å². The van der Waals surface area contributed by atoms with Crippen molar-refractivity contribution in [2.75, 3.05) is 5.32 Å². The molecule has 0 aliphatic rings. The van der Waals surface area contributed by atoms with Crippen LogP contribution in [0.4, 0.5) is 5.82 Å². The summed E-state index contributed by atoms with van der Waals surface area (Å²) in [5.74, 6) is 1.69. The van der Waals surface area contributed by atoms with Gasteiger partial charge in [0.1, 0.15) is 11.6 Å². The summed E-state index contributed by atoms with van der Waals surface area (Å²) < 4.78 is 7.09. The van der Waals surface area contributed by atoms with Crippen LogP contribution in [0.25, 0.3) is 16.8 Å². The Morgan fingerprint density at radius 2 is 2.16 bits per heavy atom. The van der Waals surface area contributed by atoms with Crippen LogP contribution in [-0.2, 0) is 6.54 Å². The topological polar surface area (TPSA) is 72.4 Å². The fourth-order valence-electron chi connectivity index (χ4n) is 2.73. The second-order valence-electron chi connectivity index (χ2n) is 5.69. The van der Waals surface area contributed by atoms with Crippen LogP contribution in [-0.4, -0.2) is 20.4 Å². The van der Waals surface area contributed by atoms with E-state index >= 15 is 0 Å². The van der Waals surface area contributed by atoms with Crippen molar-refractivity contribution in [3.05, 3.63) is 72.4 Å². The van der Waals surface area contributed by atoms with Gasteiger partial charge in [0, 0.05) is 17.3 Å². The van der Waals surface area contributed by atoms with Crippen LogP contribution in [0, 0.1) is 0 Å². The van der Waals surface area contributed by atoms with Crippen molar-refractivity contribution in [3.63, 3.8) is 0 Å². The van der Waals surface area contributed by atoms with Gasteiger partial charge < -0.3 is 9.73 Å². The molecule has 0 atom stereocenters. The molecule has 6 heteroatoms. The van der Waals surface area contributed by atoms with Gasteiger partial charge in [-0.05, 0) is 36.8 Å². The fourth-order valence-corrected chi connectivity index (χ4v) is 2.73. The zero-order valence-electron chi connectivity index (χ0n) is 13.6. The Morgan fingerprint density at radius 3 is 2.96 bits per heavy atom. The molecule has 0 saturated carbocycles. The number of benzene rings is 1. The number of hydrogen-bond acceptors (Lipinski definition) is 5. The van der Waals surface area contributed by atoms with Crippen molar-refractivity contribution in [2.24, 2.45) is 0 Å². The summed E-state index contributed by atoms with van der Waals surface area (Å²) in [6, 6.07) is 13.1. The highest BCUT2D eigenvalue weighted by atomic mass is 16.3. The quantitative estimate of drug-likeness (QED) is 0.563. The zero-order valence-corrected chi connectivity index (χ0v) is 13.6. The first-order valence-electron chi connectivity index (χ1n) is 7.93. The highest BCUT2D eigenvalue weighted by molar-refractivity contribution is 5.95. The smallest absolute Gasteiger partial charge is 0.165 e. The summed E-state index contributed by atoms with van der Waals surface area (Å²) in [5.41, 5.74) is 3.19. The molecule has 0 spiro atoms. The molecule has 0 radical (unpaired) electrons. The number of hydrogen-bond donors (Lipinski definition) is 1. The Morgan fingerprint density at radius 1 is 1.24 bits per heavy atom. The summed E-state index contributed by atoms with van der Waals surface area (Å²) in [6.45, 7) is 2.12. The molecule has 3 heterocycles. The Hall–Kier alpha value is -3.41. The third kappa shape index (κ3) is 2.89. The molecular formula is C19H16N4O2. The standard InChI is InChI=1S/C19H16N4O2/c1-13(24)14-4-2-5-15(10-14)17-12-22-23-18(7-8-20-19(17)23)21-11-16-6-3-9-25-16/h2-10,12,21H,11H2,1H3. The number of Topliss-reactive ketones (excluding diaryl/α,β-unsaturated/α-hetero) is 1. The molecule has 25 heavy (non-hydrogen) atoms. The Bertz CT molecular complexity index is 1030. The van der Waals surface area contributed by atoms with Crippen molar-refractivity contribution in [1.29, 1.82) is 0 Å². The van der Waals surface area contributed by atoms with Crippen LogP contribution in [0.15, 0.2) is 65.5 Å². The maximum Gasteiger partial charge on any atom is 0.165 e. The summed E-state index contributed by atoms with van der Waals surface area (Å²) >= 11 is 0. The highest BCUT2D eigenvalue weighted by Gasteiger charge is 2.12. The van der Waals surface area contributed by atoms with E-state index in [1.807, 2.05) is 36.4 Å². The van der Waals surface area contributed by atoms with Crippen LogP contribution >= 0.6 is 0 Å². The Labute approximate surface area is 144 Å². The molecule has 6 nitrogen and oxygen atoms in total. The minimum atomic E-state index is 0.0343. The number of furan rings is 1. The molecule has 0 aliphatic carbocycles. The van der Waals surface area contributed by atoms with E-state index in [-0.39, 0.29) is 5.78 Å². The molecule has 0 saturated heterocycles. The van der Waals surface area contributed by atoms with Gasteiger partial charge in [0.15, 0.2) is 11.4 Å². The number of rotatable bonds is 5. The largest absolute Gasteiger partial charge is 0.467 e. The predicted molar refractivity (Wildman–Crippen MR) is 94.5 cm³/mol. The van der Waals surface area contributed by atoms with E-state index in [4.69, 9.17) is 4.42 Å². The number of nitrogens with one attached hydrogen (secondary N) is 1. The van der Waals surface area contributed by atoms with Gasteiger partial charge >= 0.3 is 0 Å². The van der Waals surface area contributed by atoms with E-state index in [9.17, 15) is 4.79 Å². The van der Waals surface area contributed by atoms with Gasteiger partial charge in [0.2, 0.25) is 0 Å². The first kappa shape index (κ1) is 15.1. The molecule has 0 unspecified atom stereocenters. The van der Waals surface area contributed by atoms with Gasteiger partial charge in [-0.15, -0.1) is 0 Å². The van der Waals surface area contributed by atoms with Crippen LogP contribution < -0.4 is 5.32 Å². The molecule has 0 amide bonds. The van der Waals surface area contributed by atoms with E-state index in [1.165, 1.54) is 0 Å². The second-order valence-corrected chi connectivity index (χ2v) is 5.69. The normalized spacial score (nSPS) is 10.9. The third-order valence-electron chi connectivity index (χ3n) is 4.01. The van der Waals surface area contributed by atoms with Gasteiger partial charge in [0.05, 0.1) is 19.0 Å². The Kier molecular flexibility index (Phi) is 3.78. The maximum absolute atomic E-state index is 11.6. The molecule has 4 aromatic rings. The number of carbonyl (C=O) groups is 1. The van der Waals surface area contributed by atoms with E-state index < -0.39 is 0 Å². The lowest BCUT2D eigenvalue weighted by Gasteiger charge is -2.07. The van der Waals surface area contributed by atoms with Crippen molar-refractivity contribution >= 4 is 17.2 Å². The number of carbonyl (C=O) groups excluding carboxylic acids is 1. The second kappa shape index (κ2) is 6.24. The van der Waals surface area contributed by atoms with E-state index in [0.717, 1.165) is 28.4 Å². The van der Waals surface area contributed by atoms with Crippen molar-refractivity contribution in [3.8, 4) is 11.1 Å².